The lowest BCUT2D eigenvalue weighted by atomic mass is 9.89. The Morgan fingerprint density at radius 1 is 0.947 bits per heavy atom. The number of amides is 2. The summed E-state index contributed by atoms with van der Waals surface area (Å²) >= 11 is 0. The second kappa shape index (κ2) is 12.3. The van der Waals surface area contributed by atoms with Crippen molar-refractivity contribution in [3.63, 3.8) is 0 Å². The van der Waals surface area contributed by atoms with E-state index in [1.165, 1.54) is 0 Å². The molecule has 8 heteroatoms. The van der Waals surface area contributed by atoms with Crippen LogP contribution in [0.25, 0.3) is 0 Å². The first-order valence-corrected chi connectivity index (χ1v) is 12.9. The third-order valence-corrected chi connectivity index (χ3v) is 6.89. The lowest BCUT2D eigenvalue weighted by molar-refractivity contribution is 0.0698. The van der Waals surface area contributed by atoms with E-state index in [1.54, 1.807) is 4.90 Å². The van der Waals surface area contributed by atoms with Gasteiger partial charge in [-0.1, -0.05) is 30.3 Å². The molecule has 2 amide bonds. The van der Waals surface area contributed by atoms with Crippen molar-refractivity contribution < 1.29 is 18.4 Å². The number of likely N-dealkylation sites (tertiary alicyclic amines) is 1. The molecule has 0 atom stereocenters. The number of aromatic nitrogens is 1. The van der Waals surface area contributed by atoms with Crippen LogP contribution in [0, 0.1) is 18.6 Å². The summed E-state index contributed by atoms with van der Waals surface area (Å²) in [6, 6.07) is 16.5. The quantitative estimate of drug-likeness (QED) is 0.424. The molecule has 1 aliphatic heterocycles. The average molecular weight is 521 g/mol. The molecule has 38 heavy (non-hydrogen) atoms. The largest absolute Gasteiger partial charge is 0.339 e. The van der Waals surface area contributed by atoms with Gasteiger partial charge in [0.1, 0.15) is 11.6 Å². The predicted molar refractivity (Wildman–Crippen MR) is 143 cm³/mol. The van der Waals surface area contributed by atoms with Crippen LogP contribution in [0.2, 0.25) is 0 Å². The maximum absolute atomic E-state index is 13.9. The fourth-order valence-electron chi connectivity index (χ4n) is 4.83. The summed E-state index contributed by atoms with van der Waals surface area (Å²) in [7, 11) is 3.97. The molecule has 1 fully saturated rings. The first kappa shape index (κ1) is 27.4. The van der Waals surface area contributed by atoms with Crippen molar-refractivity contribution in [2.75, 3.05) is 40.3 Å². The topological polar surface area (TPSA) is 56.8 Å². The number of piperidine rings is 1. The normalized spacial score (nSPS) is 14.1. The molecule has 3 aromatic rings. The van der Waals surface area contributed by atoms with Gasteiger partial charge < -0.3 is 14.7 Å². The minimum Gasteiger partial charge on any atom is -0.339 e. The van der Waals surface area contributed by atoms with Gasteiger partial charge in [0.25, 0.3) is 11.8 Å². The van der Waals surface area contributed by atoms with E-state index in [9.17, 15) is 18.4 Å². The molecular weight excluding hydrogens is 486 g/mol. The number of hydrogen-bond acceptors (Lipinski definition) is 4. The van der Waals surface area contributed by atoms with Crippen LogP contribution in [0.5, 0.6) is 0 Å². The van der Waals surface area contributed by atoms with Crippen LogP contribution < -0.4 is 0 Å². The number of hydrogen-bond donors (Lipinski definition) is 0. The molecule has 0 saturated carbocycles. The first-order chi connectivity index (χ1) is 18.2. The highest BCUT2D eigenvalue weighted by molar-refractivity contribution is 5.96. The third kappa shape index (κ3) is 6.81. The molecule has 0 bridgehead atoms. The molecule has 0 aliphatic carbocycles. The maximum atomic E-state index is 13.9. The fraction of sp³-hybridized carbons (Fsp3) is 0.367. The monoisotopic (exact) mass is 520 g/mol. The van der Waals surface area contributed by atoms with Crippen molar-refractivity contribution in [3.05, 3.63) is 100 Å². The Labute approximate surface area is 222 Å². The van der Waals surface area contributed by atoms with Crippen molar-refractivity contribution in [1.82, 2.24) is 19.7 Å². The van der Waals surface area contributed by atoms with Crippen LogP contribution in [-0.2, 0) is 6.54 Å². The fourth-order valence-corrected chi connectivity index (χ4v) is 4.83. The van der Waals surface area contributed by atoms with E-state index < -0.39 is 17.5 Å². The van der Waals surface area contributed by atoms with Crippen LogP contribution >= 0.6 is 0 Å². The molecule has 1 aromatic heterocycles. The molecule has 4 rings (SSSR count). The Morgan fingerprint density at radius 2 is 1.61 bits per heavy atom. The van der Waals surface area contributed by atoms with Gasteiger partial charge in [-0.05, 0) is 63.7 Å². The van der Waals surface area contributed by atoms with E-state index in [0.29, 0.717) is 44.6 Å². The first-order valence-electron chi connectivity index (χ1n) is 12.9. The number of nitrogens with zero attached hydrogens (tertiary/aromatic N) is 4. The lowest BCUT2D eigenvalue weighted by Gasteiger charge is -2.33. The molecule has 0 spiro atoms. The molecule has 200 valence electrons. The molecule has 2 heterocycles. The lowest BCUT2D eigenvalue weighted by Crippen LogP contribution is -2.39. The Bertz CT molecular complexity index is 1250. The molecule has 0 radical (unpaired) electrons. The highest BCUT2D eigenvalue weighted by atomic mass is 19.1. The zero-order valence-corrected chi connectivity index (χ0v) is 22.2. The van der Waals surface area contributed by atoms with E-state index >= 15 is 0 Å². The molecule has 1 saturated heterocycles. The Hall–Kier alpha value is -3.65. The number of rotatable bonds is 8. The van der Waals surface area contributed by atoms with E-state index in [4.69, 9.17) is 4.98 Å². The number of carbonyl (C=O) groups excluding carboxylic acids is 2. The van der Waals surface area contributed by atoms with Crippen LogP contribution in [0.15, 0.2) is 60.7 Å². The van der Waals surface area contributed by atoms with Crippen LogP contribution in [0.4, 0.5) is 8.78 Å². The van der Waals surface area contributed by atoms with Crippen molar-refractivity contribution in [2.45, 2.75) is 32.2 Å². The molecule has 0 unspecified atom stereocenters. The van der Waals surface area contributed by atoms with Gasteiger partial charge in [0.05, 0.1) is 11.3 Å². The number of halogens is 2. The molecule has 2 aromatic carbocycles. The van der Waals surface area contributed by atoms with Crippen molar-refractivity contribution in [3.8, 4) is 0 Å². The highest BCUT2D eigenvalue weighted by Crippen LogP contribution is 2.31. The summed E-state index contributed by atoms with van der Waals surface area (Å²) < 4.78 is 27.3. The number of carbonyl (C=O) groups is 2. The summed E-state index contributed by atoms with van der Waals surface area (Å²) in [5.41, 5.74) is 3.22. The van der Waals surface area contributed by atoms with E-state index in [1.807, 2.05) is 68.4 Å². The van der Waals surface area contributed by atoms with Crippen molar-refractivity contribution >= 4 is 11.8 Å². The summed E-state index contributed by atoms with van der Waals surface area (Å²) in [5, 5.41) is 0. The van der Waals surface area contributed by atoms with Crippen LogP contribution in [-0.4, -0.2) is 71.8 Å². The minimum atomic E-state index is -0.773. The number of likely N-dealkylation sites (N-methyl/N-ethyl adjacent to an activating group) is 1. The van der Waals surface area contributed by atoms with Crippen LogP contribution in [0.1, 0.15) is 56.4 Å². The second-order valence-corrected chi connectivity index (χ2v) is 10.1. The molecule has 1 aliphatic rings. The number of benzene rings is 2. The summed E-state index contributed by atoms with van der Waals surface area (Å²) in [6.07, 6.45) is 1.22. The summed E-state index contributed by atoms with van der Waals surface area (Å²) in [5.74, 6) is -2.01. The summed E-state index contributed by atoms with van der Waals surface area (Å²) in [6.45, 7) is 4.54. The zero-order valence-electron chi connectivity index (χ0n) is 22.2. The number of pyridine rings is 1. The smallest absolute Gasteiger partial charge is 0.256 e. The molecular formula is C30H34F2N4O2. The van der Waals surface area contributed by atoms with Crippen LogP contribution in [0.3, 0.4) is 0 Å². The summed E-state index contributed by atoms with van der Waals surface area (Å²) in [4.78, 5) is 37.1. The van der Waals surface area contributed by atoms with E-state index in [0.717, 1.165) is 41.7 Å². The van der Waals surface area contributed by atoms with Crippen molar-refractivity contribution in [2.24, 2.45) is 0 Å². The number of aryl methyl sites for hydroxylation is 1. The molecule has 0 N–H and O–H groups in total. The zero-order chi connectivity index (χ0) is 27.2. The average Bonchev–Trinajstić information content (AvgIpc) is 2.90. The Morgan fingerprint density at radius 3 is 2.24 bits per heavy atom. The van der Waals surface area contributed by atoms with E-state index in [-0.39, 0.29) is 17.4 Å². The Balaban J connectivity index is 1.53. The SMILES string of the molecule is Cc1ccc(C(=O)N(CCN(C)C)Cc2ccccc2)c(C2CCN(C(=O)c3cc(F)cc(F)c3)CC2)n1. The molecule has 6 nitrogen and oxygen atoms in total. The van der Waals surface area contributed by atoms with Gasteiger partial charge in [-0.15, -0.1) is 0 Å². The van der Waals surface area contributed by atoms with E-state index in [2.05, 4.69) is 4.90 Å². The standard InChI is InChI=1S/C30H34F2N4O2/c1-21-9-10-27(30(38)36(16-15-34(2)3)20-22-7-5-4-6-8-22)28(33-21)23-11-13-35(14-12-23)29(37)24-17-25(31)19-26(32)18-24/h4-10,17-19,23H,11-16,20H2,1-3H3. The van der Waals surface area contributed by atoms with Gasteiger partial charge >= 0.3 is 0 Å². The maximum Gasteiger partial charge on any atom is 0.256 e. The van der Waals surface area contributed by atoms with Gasteiger partial charge in [0.15, 0.2) is 0 Å². The second-order valence-electron chi connectivity index (χ2n) is 10.1. The predicted octanol–water partition coefficient (Wildman–Crippen LogP) is 4.89. The highest BCUT2D eigenvalue weighted by Gasteiger charge is 2.30. The third-order valence-electron chi connectivity index (χ3n) is 6.89. The van der Waals surface area contributed by atoms with Gasteiger partial charge in [-0.25, -0.2) is 8.78 Å². The van der Waals surface area contributed by atoms with Gasteiger partial charge in [-0.2, -0.15) is 0 Å². The van der Waals surface area contributed by atoms with Gasteiger partial charge in [-0.3, -0.25) is 14.6 Å². The Kier molecular flexibility index (Phi) is 8.84. The minimum absolute atomic E-state index is 0.00273. The van der Waals surface area contributed by atoms with Gasteiger partial charge in [0.2, 0.25) is 0 Å². The van der Waals surface area contributed by atoms with Gasteiger partial charge in [0, 0.05) is 56.0 Å². The van der Waals surface area contributed by atoms with Crippen molar-refractivity contribution in [1.29, 1.82) is 0 Å².